The van der Waals surface area contributed by atoms with Gasteiger partial charge in [0.05, 0.1) is 0 Å². The molecule has 0 radical (unpaired) electrons. The van der Waals surface area contributed by atoms with E-state index in [9.17, 15) is 4.79 Å². The predicted octanol–water partition coefficient (Wildman–Crippen LogP) is 2.94. The van der Waals surface area contributed by atoms with Crippen LogP contribution in [0, 0.1) is 16.7 Å². The Labute approximate surface area is 79.9 Å². The van der Waals surface area contributed by atoms with E-state index in [4.69, 9.17) is 0 Å². The van der Waals surface area contributed by atoms with Crippen LogP contribution in [0.25, 0.3) is 0 Å². The smallest absolute Gasteiger partial charge is 0.144 e. The van der Waals surface area contributed by atoms with Crippen LogP contribution in [0.4, 0.5) is 0 Å². The third-order valence-corrected chi connectivity index (χ3v) is 5.12. The van der Waals surface area contributed by atoms with Gasteiger partial charge >= 0.3 is 0 Å². The number of Topliss-reactive ketones (excluding diaryl/α,β-unsaturated/α-hetero) is 1. The lowest BCUT2D eigenvalue weighted by atomic mass is 9.59. The van der Waals surface area contributed by atoms with Crippen molar-refractivity contribution in [2.75, 3.05) is 0 Å². The van der Waals surface area contributed by atoms with Gasteiger partial charge in [-0.3, -0.25) is 4.79 Å². The van der Waals surface area contributed by atoms with Crippen LogP contribution >= 0.6 is 0 Å². The van der Waals surface area contributed by atoms with Gasteiger partial charge in [0.1, 0.15) is 5.78 Å². The van der Waals surface area contributed by atoms with E-state index < -0.39 is 0 Å². The first-order valence-corrected chi connectivity index (χ1v) is 5.75. The Morgan fingerprint density at radius 3 is 2.62 bits per heavy atom. The maximum Gasteiger partial charge on any atom is 0.144 e. The summed E-state index contributed by atoms with van der Waals surface area (Å²) < 4.78 is 0. The van der Waals surface area contributed by atoms with Crippen molar-refractivity contribution in [1.29, 1.82) is 0 Å². The highest BCUT2D eigenvalue weighted by molar-refractivity contribution is 6.05. The monoisotopic (exact) mass is 178 g/mol. The zero-order chi connectivity index (χ0) is 9.10. The molecule has 0 aromatic heterocycles. The molecule has 3 aliphatic carbocycles. The van der Waals surface area contributed by atoms with E-state index in [2.05, 4.69) is 6.92 Å². The lowest BCUT2D eigenvalue weighted by molar-refractivity contribution is -0.116. The van der Waals surface area contributed by atoms with Crippen LogP contribution in [0.3, 0.4) is 0 Å². The summed E-state index contributed by atoms with van der Waals surface area (Å²) in [6.45, 7) is 2.38. The first kappa shape index (κ1) is 8.02. The van der Waals surface area contributed by atoms with Gasteiger partial charge in [0, 0.05) is 11.3 Å². The van der Waals surface area contributed by atoms with E-state index in [0.29, 0.717) is 17.1 Å². The van der Waals surface area contributed by atoms with Crippen molar-refractivity contribution < 1.29 is 4.79 Å². The minimum Gasteiger partial charge on any atom is -0.299 e. The average molecular weight is 178 g/mol. The molecular weight excluding hydrogens is 160 g/mol. The Morgan fingerprint density at radius 2 is 1.85 bits per heavy atom. The Morgan fingerprint density at radius 1 is 1.15 bits per heavy atom. The Kier molecular flexibility index (Phi) is 1.35. The molecule has 0 N–H and O–H groups in total. The van der Waals surface area contributed by atoms with Gasteiger partial charge in [-0.25, -0.2) is 0 Å². The van der Waals surface area contributed by atoms with Crippen LogP contribution in [-0.2, 0) is 4.79 Å². The molecule has 3 atom stereocenters. The standard InChI is InChI=1S/C12H18O/c1-11-6-2-3-8-12(11)9(10(12)13)5-4-7-11/h9H,2-8H2,1H3/t9-,11-,12-/m1/s1. The lowest BCUT2D eigenvalue weighted by Gasteiger charge is -2.44. The molecule has 0 aromatic carbocycles. The number of carbonyl (C=O) groups is 1. The van der Waals surface area contributed by atoms with Crippen molar-refractivity contribution in [2.24, 2.45) is 16.7 Å². The lowest BCUT2D eigenvalue weighted by Crippen LogP contribution is -2.37. The molecule has 3 fully saturated rings. The summed E-state index contributed by atoms with van der Waals surface area (Å²) in [6, 6.07) is 0. The molecule has 0 aliphatic heterocycles. The van der Waals surface area contributed by atoms with Crippen LogP contribution < -0.4 is 0 Å². The molecule has 3 rings (SSSR count). The van der Waals surface area contributed by atoms with Crippen molar-refractivity contribution >= 4 is 5.78 Å². The number of hydrogen-bond donors (Lipinski definition) is 0. The van der Waals surface area contributed by atoms with Gasteiger partial charge in [0.15, 0.2) is 0 Å². The molecule has 0 heterocycles. The van der Waals surface area contributed by atoms with E-state index in [1.807, 2.05) is 0 Å². The molecule has 0 bridgehead atoms. The van der Waals surface area contributed by atoms with E-state index in [-0.39, 0.29) is 5.41 Å². The summed E-state index contributed by atoms with van der Waals surface area (Å²) in [4.78, 5) is 11.9. The van der Waals surface area contributed by atoms with Crippen LogP contribution in [-0.4, -0.2) is 5.78 Å². The van der Waals surface area contributed by atoms with Gasteiger partial charge < -0.3 is 0 Å². The first-order chi connectivity index (χ1) is 6.21. The highest BCUT2D eigenvalue weighted by atomic mass is 16.1. The van der Waals surface area contributed by atoms with Gasteiger partial charge in [-0.15, -0.1) is 0 Å². The van der Waals surface area contributed by atoms with Gasteiger partial charge in [-0.2, -0.15) is 0 Å². The zero-order valence-electron chi connectivity index (χ0n) is 8.44. The first-order valence-electron chi connectivity index (χ1n) is 5.75. The highest BCUT2D eigenvalue weighted by Crippen LogP contribution is 2.71. The summed E-state index contributed by atoms with van der Waals surface area (Å²) in [5.74, 6) is 1.12. The molecule has 72 valence electrons. The normalized spacial score (nSPS) is 53.9. The second-order valence-corrected chi connectivity index (χ2v) is 5.55. The quantitative estimate of drug-likeness (QED) is 0.557. The maximum atomic E-state index is 11.9. The molecule has 0 saturated heterocycles. The average Bonchev–Trinajstić information content (AvgIpc) is 2.70. The fourth-order valence-corrected chi connectivity index (χ4v) is 4.29. The molecular formula is C12H18O. The van der Waals surface area contributed by atoms with Gasteiger partial charge in [0.25, 0.3) is 0 Å². The maximum absolute atomic E-state index is 11.9. The van der Waals surface area contributed by atoms with Crippen LogP contribution in [0.1, 0.15) is 51.9 Å². The van der Waals surface area contributed by atoms with Crippen LogP contribution in [0.2, 0.25) is 0 Å². The number of ketones is 1. The fraction of sp³-hybridized carbons (Fsp3) is 0.917. The minimum atomic E-state index is 0.198. The molecule has 0 unspecified atom stereocenters. The molecule has 0 aromatic rings. The van der Waals surface area contributed by atoms with E-state index >= 15 is 0 Å². The molecule has 1 heteroatoms. The highest BCUT2D eigenvalue weighted by Gasteiger charge is 2.73. The van der Waals surface area contributed by atoms with Gasteiger partial charge in [0.2, 0.25) is 0 Å². The Bertz CT molecular complexity index is 266. The van der Waals surface area contributed by atoms with Crippen LogP contribution in [0.15, 0.2) is 0 Å². The predicted molar refractivity (Wildman–Crippen MR) is 51.4 cm³/mol. The third kappa shape index (κ3) is 0.730. The number of carbonyl (C=O) groups excluding carboxylic acids is 1. The number of rotatable bonds is 0. The van der Waals surface area contributed by atoms with E-state index in [1.54, 1.807) is 0 Å². The van der Waals surface area contributed by atoms with E-state index in [1.165, 1.54) is 44.9 Å². The SMILES string of the molecule is C[C@]12CCCC[C@@]13C(=O)[C@H]3CCC2. The number of hydrogen-bond acceptors (Lipinski definition) is 1. The molecule has 1 nitrogen and oxygen atoms in total. The fourth-order valence-electron chi connectivity index (χ4n) is 4.29. The molecule has 13 heavy (non-hydrogen) atoms. The van der Waals surface area contributed by atoms with Crippen molar-refractivity contribution in [2.45, 2.75) is 51.9 Å². The van der Waals surface area contributed by atoms with Gasteiger partial charge in [-0.05, 0) is 31.1 Å². The second kappa shape index (κ2) is 2.18. The van der Waals surface area contributed by atoms with E-state index in [0.717, 1.165) is 0 Å². The Hall–Kier alpha value is -0.330. The minimum absolute atomic E-state index is 0.198. The molecule has 3 aliphatic rings. The summed E-state index contributed by atoms with van der Waals surface area (Å²) in [7, 11) is 0. The summed E-state index contributed by atoms with van der Waals surface area (Å²) in [5, 5.41) is 0. The zero-order valence-corrected chi connectivity index (χ0v) is 8.44. The second-order valence-electron chi connectivity index (χ2n) is 5.55. The van der Waals surface area contributed by atoms with Gasteiger partial charge in [-0.1, -0.05) is 26.2 Å². The molecule has 0 amide bonds. The Balaban J connectivity index is 2.01. The topological polar surface area (TPSA) is 17.1 Å². The largest absolute Gasteiger partial charge is 0.299 e. The van der Waals surface area contributed by atoms with Crippen LogP contribution in [0.5, 0.6) is 0 Å². The summed E-state index contributed by atoms with van der Waals surface area (Å²) in [6.07, 6.45) is 9.01. The third-order valence-electron chi connectivity index (χ3n) is 5.12. The van der Waals surface area contributed by atoms with Crippen molar-refractivity contribution in [3.05, 3.63) is 0 Å². The summed E-state index contributed by atoms with van der Waals surface area (Å²) >= 11 is 0. The van der Waals surface area contributed by atoms with Crippen molar-refractivity contribution in [3.63, 3.8) is 0 Å². The van der Waals surface area contributed by atoms with Crippen molar-refractivity contribution in [3.8, 4) is 0 Å². The molecule has 1 spiro atoms. The molecule has 3 saturated carbocycles. The van der Waals surface area contributed by atoms with Crippen molar-refractivity contribution in [1.82, 2.24) is 0 Å². The summed E-state index contributed by atoms with van der Waals surface area (Å²) in [5.41, 5.74) is 0.606.